The predicted octanol–water partition coefficient (Wildman–Crippen LogP) is 2.42. The average molecular weight is 384 g/mol. The highest BCUT2D eigenvalue weighted by atomic mass is 19.4. The number of rotatable bonds is 6. The Morgan fingerprint density at radius 3 is 2.44 bits per heavy atom. The molecule has 0 fully saturated rings. The Balaban J connectivity index is 2.01. The van der Waals surface area contributed by atoms with Crippen LogP contribution < -0.4 is 5.32 Å². The molecule has 8 nitrogen and oxygen atoms in total. The second kappa shape index (κ2) is 7.98. The van der Waals surface area contributed by atoms with Crippen molar-refractivity contribution in [3.8, 4) is 11.4 Å². The van der Waals surface area contributed by atoms with E-state index in [9.17, 15) is 22.8 Å². The first-order chi connectivity index (χ1) is 12.6. The highest BCUT2D eigenvalue weighted by molar-refractivity contribution is 5.97. The minimum atomic E-state index is -4.73. The number of carbonyl (C=O) groups is 2. The minimum absolute atomic E-state index is 0.0536. The quantitative estimate of drug-likeness (QED) is 0.739. The van der Waals surface area contributed by atoms with Gasteiger partial charge < -0.3 is 14.9 Å². The summed E-state index contributed by atoms with van der Waals surface area (Å²) in [6.07, 6.45) is -4.73. The van der Waals surface area contributed by atoms with Gasteiger partial charge in [0.05, 0.1) is 6.54 Å². The molecule has 2 N–H and O–H groups in total. The Morgan fingerprint density at radius 2 is 1.93 bits per heavy atom. The molecule has 1 atom stereocenters. The molecular weight excluding hydrogens is 369 g/mol. The zero-order chi connectivity index (χ0) is 20.2. The van der Waals surface area contributed by atoms with E-state index in [1.54, 1.807) is 6.92 Å². The first-order valence-electron chi connectivity index (χ1n) is 7.63. The van der Waals surface area contributed by atoms with Crippen LogP contribution in [0.4, 0.5) is 13.2 Å². The van der Waals surface area contributed by atoms with E-state index in [0.717, 1.165) is 0 Å². The second-order valence-electron chi connectivity index (χ2n) is 5.56. The first kappa shape index (κ1) is 20.1. The molecule has 0 saturated carbocycles. The molecule has 0 aliphatic rings. The summed E-state index contributed by atoms with van der Waals surface area (Å²) in [5.41, 5.74) is 0.928. The third-order valence-corrected chi connectivity index (χ3v) is 3.35. The Morgan fingerprint density at radius 1 is 1.30 bits per heavy atom. The number of hydrogen-bond donors (Lipinski definition) is 2. The Labute approximate surface area is 151 Å². The molecular formula is C16H15F3N4O4. The van der Waals surface area contributed by atoms with Crippen LogP contribution in [0.15, 0.2) is 33.8 Å². The Hall–Kier alpha value is -3.24. The lowest BCUT2D eigenvalue weighted by atomic mass is 10.1. The molecule has 2 aromatic rings. The summed E-state index contributed by atoms with van der Waals surface area (Å²) in [5, 5.41) is 14.6. The molecule has 1 heterocycles. The lowest BCUT2D eigenvalue weighted by Crippen LogP contribution is -2.29. The Bertz CT molecular complexity index is 859. The van der Waals surface area contributed by atoms with Crippen molar-refractivity contribution >= 4 is 17.6 Å². The van der Waals surface area contributed by atoms with Gasteiger partial charge in [0, 0.05) is 16.8 Å². The largest absolute Gasteiger partial charge is 0.480 e. The fourth-order valence-corrected chi connectivity index (χ4v) is 1.97. The van der Waals surface area contributed by atoms with Crippen LogP contribution in [-0.4, -0.2) is 45.4 Å². The minimum Gasteiger partial charge on any atom is -0.480 e. The van der Waals surface area contributed by atoms with E-state index in [2.05, 4.69) is 25.0 Å². The third-order valence-electron chi connectivity index (χ3n) is 3.35. The van der Waals surface area contributed by atoms with E-state index in [1.165, 1.54) is 31.2 Å². The van der Waals surface area contributed by atoms with Gasteiger partial charge in [-0.15, -0.1) is 0 Å². The van der Waals surface area contributed by atoms with E-state index in [1.807, 2.05) is 0 Å². The SMILES string of the molecule is CC(CNC(=O)c1ccc(-c2noc(C(F)(F)F)n2)cc1)=N[C@H](C)C(=O)O. The molecule has 27 heavy (non-hydrogen) atoms. The van der Waals surface area contributed by atoms with E-state index >= 15 is 0 Å². The van der Waals surface area contributed by atoms with Crippen molar-refractivity contribution in [2.24, 2.45) is 4.99 Å². The van der Waals surface area contributed by atoms with Crippen LogP contribution >= 0.6 is 0 Å². The predicted molar refractivity (Wildman–Crippen MR) is 87.3 cm³/mol. The topological polar surface area (TPSA) is 118 Å². The summed E-state index contributed by atoms with van der Waals surface area (Å²) < 4.78 is 41.6. The highest BCUT2D eigenvalue weighted by Crippen LogP contribution is 2.29. The van der Waals surface area contributed by atoms with Crippen molar-refractivity contribution in [3.05, 3.63) is 35.7 Å². The van der Waals surface area contributed by atoms with Crippen LogP contribution in [0.1, 0.15) is 30.1 Å². The number of hydrogen-bond acceptors (Lipinski definition) is 6. The van der Waals surface area contributed by atoms with Crippen LogP contribution in [0.5, 0.6) is 0 Å². The Kier molecular flexibility index (Phi) is 5.93. The van der Waals surface area contributed by atoms with Gasteiger partial charge in [0.25, 0.3) is 5.91 Å². The molecule has 1 amide bonds. The van der Waals surface area contributed by atoms with Gasteiger partial charge in [-0.25, -0.2) is 4.79 Å². The number of nitrogens with one attached hydrogen (secondary N) is 1. The number of benzene rings is 1. The van der Waals surface area contributed by atoms with E-state index in [-0.39, 0.29) is 23.5 Å². The van der Waals surface area contributed by atoms with E-state index in [0.29, 0.717) is 5.71 Å². The molecule has 0 spiro atoms. The molecule has 0 bridgehead atoms. The fourth-order valence-electron chi connectivity index (χ4n) is 1.97. The van der Waals surface area contributed by atoms with Crippen molar-refractivity contribution in [1.29, 1.82) is 0 Å². The first-order valence-corrected chi connectivity index (χ1v) is 7.63. The number of aliphatic carboxylic acids is 1. The van der Waals surface area contributed by atoms with Crippen LogP contribution in [0.2, 0.25) is 0 Å². The van der Waals surface area contributed by atoms with Crippen LogP contribution in [0.25, 0.3) is 11.4 Å². The van der Waals surface area contributed by atoms with Crippen molar-refractivity contribution in [2.45, 2.75) is 26.1 Å². The summed E-state index contributed by atoms with van der Waals surface area (Å²) in [6, 6.07) is 4.62. The van der Waals surface area contributed by atoms with Gasteiger partial charge in [0.15, 0.2) is 0 Å². The van der Waals surface area contributed by atoms with Crippen LogP contribution in [0.3, 0.4) is 0 Å². The molecule has 2 rings (SSSR count). The average Bonchev–Trinajstić information content (AvgIpc) is 3.10. The number of aliphatic imine (C=N–C) groups is 1. The molecule has 0 aliphatic heterocycles. The number of carboxylic acid groups (broad SMARTS) is 1. The van der Waals surface area contributed by atoms with E-state index in [4.69, 9.17) is 5.11 Å². The number of carbonyl (C=O) groups excluding carboxylic acids is 1. The summed E-state index contributed by atoms with van der Waals surface area (Å²) in [4.78, 5) is 30.0. The van der Waals surface area contributed by atoms with Crippen molar-refractivity contribution < 1.29 is 32.4 Å². The summed E-state index contributed by atoms with van der Waals surface area (Å²) in [6.45, 7) is 3.05. The summed E-state index contributed by atoms with van der Waals surface area (Å²) in [7, 11) is 0. The maximum atomic E-state index is 12.5. The lowest BCUT2D eigenvalue weighted by molar-refractivity contribution is -0.159. The number of carboxylic acids is 1. The van der Waals surface area contributed by atoms with Crippen molar-refractivity contribution in [2.75, 3.05) is 6.54 Å². The number of nitrogens with zero attached hydrogens (tertiary/aromatic N) is 3. The smallest absolute Gasteiger partial charge is 0.471 e. The molecule has 0 saturated heterocycles. The van der Waals surface area contributed by atoms with Gasteiger partial charge in [0.1, 0.15) is 6.04 Å². The van der Waals surface area contributed by atoms with Gasteiger partial charge in [-0.2, -0.15) is 18.2 Å². The molecule has 0 aliphatic carbocycles. The van der Waals surface area contributed by atoms with Gasteiger partial charge in [0.2, 0.25) is 5.82 Å². The molecule has 11 heteroatoms. The van der Waals surface area contributed by atoms with Gasteiger partial charge in [-0.1, -0.05) is 17.3 Å². The maximum Gasteiger partial charge on any atom is 0.471 e. The standard InChI is InChI=1S/C16H15F3N4O4/c1-8(21-9(2)14(25)26)7-20-13(24)11-5-3-10(4-6-11)12-22-15(27-23-12)16(17,18)19/h3-6,9H,7H2,1-2H3,(H,20,24)(H,25,26)/t9-/m1/s1. The summed E-state index contributed by atoms with van der Waals surface area (Å²) >= 11 is 0. The van der Waals surface area contributed by atoms with E-state index < -0.39 is 30.0 Å². The molecule has 1 aromatic carbocycles. The lowest BCUT2D eigenvalue weighted by Gasteiger charge is -2.07. The third kappa shape index (κ3) is 5.36. The van der Waals surface area contributed by atoms with Gasteiger partial charge in [-0.3, -0.25) is 9.79 Å². The number of aromatic nitrogens is 2. The molecule has 0 radical (unpaired) electrons. The number of alkyl halides is 3. The molecule has 144 valence electrons. The normalized spacial score (nSPS) is 13.3. The van der Waals surface area contributed by atoms with Crippen LogP contribution in [0, 0.1) is 0 Å². The van der Waals surface area contributed by atoms with Crippen molar-refractivity contribution in [1.82, 2.24) is 15.5 Å². The monoisotopic (exact) mass is 384 g/mol. The summed E-state index contributed by atoms with van der Waals surface area (Å²) in [5.74, 6) is -3.24. The van der Waals surface area contributed by atoms with Crippen LogP contribution in [-0.2, 0) is 11.0 Å². The number of amides is 1. The molecule has 1 aromatic heterocycles. The van der Waals surface area contributed by atoms with Gasteiger partial charge in [-0.05, 0) is 26.0 Å². The second-order valence-corrected chi connectivity index (χ2v) is 5.56. The fraction of sp³-hybridized carbons (Fsp3) is 0.312. The number of halogens is 3. The maximum absolute atomic E-state index is 12.5. The zero-order valence-corrected chi connectivity index (χ0v) is 14.2. The molecule has 0 unspecified atom stereocenters. The van der Waals surface area contributed by atoms with Crippen molar-refractivity contribution in [3.63, 3.8) is 0 Å². The zero-order valence-electron chi connectivity index (χ0n) is 14.2. The highest BCUT2D eigenvalue weighted by Gasteiger charge is 2.38. The van der Waals surface area contributed by atoms with Gasteiger partial charge >= 0.3 is 18.0 Å².